The standard InChI is InChI=1S/C17H22N4O3S2/c1-12(16(22)20(3)15-9-10-26(23,24)11-15)25-17-19-18-13(2)21(17)14-7-5-4-6-8-14/h4-8,12,15H,9-11H2,1-3H3/t12-,15-/m1/s1. The summed E-state index contributed by atoms with van der Waals surface area (Å²) in [6, 6.07) is 9.49. The molecular formula is C17H22N4O3S2. The highest BCUT2D eigenvalue weighted by Gasteiger charge is 2.34. The van der Waals surface area contributed by atoms with Gasteiger partial charge < -0.3 is 4.90 Å². The van der Waals surface area contributed by atoms with Gasteiger partial charge in [0.05, 0.1) is 16.8 Å². The molecule has 140 valence electrons. The fourth-order valence-electron chi connectivity index (χ4n) is 3.05. The smallest absolute Gasteiger partial charge is 0.235 e. The largest absolute Gasteiger partial charge is 0.341 e. The number of carbonyl (C=O) groups is 1. The van der Waals surface area contributed by atoms with Crippen molar-refractivity contribution in [1.82, 2.24) is 19.7 Å². The van der Waals surface area contributed by atoms with Gasteiger partial charge in [-0.3, -0.25) is 9.36 Å². The van der Waals surface area contributed by atoms with Gasteiger partial charge in [-0.1, -0.05) is 30.0 Å². The molecule has 26 heavy (non-hydrogen) atoms. The number of para-hydroxylation sites is 1. The Hall–Kier alpha value is -1.87. The van der Waals surface area contributed by atoms with Gasteiger partial charge in [-0.15, -0.1) is 10.2 Å². The molecule has 1 aliphatic heterocycles. The molecule has 0 aliphatic carbocycles. The number of thioether (sulfide) groups is 1. The van der Waals surface area contributed by atoms with Crippen LogP contribution >= 0.6 is 11.8 Å². The van der Waals surface area contributed by atoms with Crippen molar-refractivity contribution in [2.45, 2.75) is 36.7 Å². The normalized spacial score (nSPS) is 20.0. The van der Waals surface area contributed by atoms with Gasteiger partial charge in [-0.05, 0) is 32.4 Å². The van der Waals surface area contributed by atoms with Gasteiger partial charge in [0.15, 0.2) is 15.0 Å². The molecule has 9 heteroatoms. The van der Waals surface area contributed by atoms with E-state index in [-0.39, 0.29) is 23.5 Å². The summed E-state index contributed by atoms with van der Waals surface area (Å²) in [5, 5.41) is 8.58. The van der Waals surface area contributed by atoms with E-state index in [9.17, 15) is 13.2 Å². The van der Waals surface area contributed by atoms with Crippen molar-refractivity contribution in [1.29, 1.82) is 0 Å². The van der Waals surface area contributed by atoms with Crippen LogP contribution in [-0.2, 0) is 14.6 Å². The van der Waals surface area contributed by atoms with E-state index in [1.165, 1.54) is 11.8 Å². The Morgan fingerprint density at radius 2 is 2.00 bits per heavy atom. The molecule has 2 aromatic rings. The molecule has 1 aliphatic rings. The summed E-state index contributed by atoms with van der Waals surface area (Å²) >= 11 is 1.33. The molecule has 2 heterocycles. The molecule has 7 nitrogen and oxygen atoms in total. The summed E-state index contributed by atoms with van der Waals surface area (Å²) in [7, 11) is -1.35. The Labute approximate surface area is 157 Å². The monoisotopic (exact) mass is 394 g/mol. The van der Waals surface area contributed by atoms with Crippen LogP contribution in [0.25, 0.3) is 5.69 Å². The fraction of sp³-hybridized carbons (Fsp3) is 0.471. The molecule has 1 aromatic heterocycles. The van der Waals surface area contributed by atoms with Crippen molar-refractivity contribution in [2.75, 3.05) is 18.6 Å². The summed E-state index contributed by atoms with van der Waals surface area (Å²) in [5.41, 5.74) is 0.937. The first-order valence-corrected chi connectivity index (χ1v) is 11.1. The van der Waals surface area contributed by atoms with Crippen LogP contribution in [0.1, 0.15) is 19.2 Å². The van der Waals surface area contributed by atoms with Crippen molar-refractivity contribution in [3.8, 4) is 5.69 Å². The van der Waals surface area contributed by atoms with Crippen LogP contribution in [0.15, 0.2) is 35.5 Å². The van der Waals surface area contributed by atoms with Crippen LogP contribution in [0.5, 0.6) is 0 Å². The first-order chi connectivity index (χ1) is 12.3. The lowest BCUT2D eigenvalue weighted by Gasteiger charge is -2.26. The molecule has 1 saturated heterocycles. The van der Waals surface area contributed by atoms with E-state index in [0.717, 1.165) is 11.5 Å². The van der Waals surface area contributed by atoms with Gasteiger partial charge in [-0.2, -0.15) is 0 Å². The van der Waals surface area contributed by atoms with Crippen LogP contribution in [0.4, 0.5) is 0 Å². The second kappa shape index (κ2) is 7.40. The molecule has 1 aromatic carbocycles. The minimum absolute atomic E-state index is 0.0476. The number of amides is 1. The molecular weight excluding hydrogens is 372 g/mol. The molecule has 0 N–H and O–H groups in total. The Balaban J connectivity index is 1.74. The highest BCUT2D eigenvalue weighted by atomic mass is 32.2. The first kappa shape index (κ1) is 18.9. The summed E-state index contributed by atoms with van der Waals surface area (Å²) in [6.07, 6.45) is 0.501. The van der Waals surface area contributed by atoms with Crippen molar-refractivity contribution in [3.63, 3.8) is 0 Å². The Morgan fingerprint density at radius 1 is 1.31 bits per heavy atom. The molecule has 3 rings (SSSR count). The van der Waals surface area contributed by atoms with E-state index in [4.69, 9.17) is 0 Å². The van der Waals surface area contributed by atoms with Gasteiger partial charge in [-0.25, -0.2) is 8.42 Å². The van der Waals surface area contributed by atoms with E-state index in [2.05, 4.69) is 10.2 Å². The molecule has 1 fully saturated rings. The second-order valence-corrected chi connectivity index (χ2v) is 10.0. The van der Waals surface area contributed by atoms with Crippen LogP contribution in [0.2, 0.25) is 0 Å². The van der Waals surface area contributed by atoms with E-state index < -0.39 is 15.1 Å². The molecule has 0 unspecified atom stereocenters. The molecule has 2 atom stereocenters. The van der Waals surface area contributed by atoms with E-state index in [1.54, 1.807) is 11.9 Å². The quantitative estimate of drug-likeness (QED) is 0.718. The highest BCUT2D eigenvalue weighted by molar-refractivity contribution is 8.00. The summed E-state index contributed by atoms with van der Waals surface area (Å²) in [5.74, 6) is 0.843. The van der Waals surface area contributed by atoms with Crippen LogP contribution in [0.3, 0.4) is 0 Å². The zero-order valence-electron chi connectivity index (χ0n) is 15.0. The summed E-state index contributed by atoms with van der Waals surface area (Å²) in [6.45, 7) is 3.68. The van der Waals surface area contributed by atoms with Crippen molar-refractivity contribution in [2.24, 2.45) is 0 Å². The van der Waals surface area contributed by atoms with Crippen molar-refractivity contribution in [3.05, 3.63) is 36.2 Å². The lowest BCUT2D eigenvalue weighted by atomic mass is 10.2. The molecule has 0 bridgehead atoms. The van der Waals surface area contributed by atoms with Gasteiger partial charge in [0, 0.05) is 18.8 Å². The highest BCUT2D eigenvalue weighted by Crippen LogP contribution is 2.27. The van der Waals surface area contributed by atoms with E-state index in [0.29, 0.717) is 11.6 Å². The topological polar surface area (TPSA) is 85.2 Å². The van der Waals surface area contributed by atoms with Gasteiger partial charge >= 0.3 is 0 Å². The van der Waals surface area contributed by atoms with E-state index in [1.807, 2.05) is 48.7 Å². The average Bonchev–Trinajstić information content (AvgIpc) is 3.16. The number of carbonyl (C=O) groups excluding carboxylic acids is 1. The lowest BCUT2D eigenvalue weighted by Crippen LogP contribution is -2.41. The fourth-order valence-corrected chi connectivity index (χ4v) is 5.84. The average molecular weight is 395 g/mol. The van der Waals surface area contributed by atoms with Crippen molar-refractivity contribution < 1.29 is 13.2 Å². The van der Waals surface area contributed by atoms with Gasteiger partial charge in [0.1, 0.15) is 5.82 Å². The zero-order valence-corrected chi connectivity index (χ0v) is 16.6. The minimum Gasteiger partial charge on any atom is -0.341 e. The number of hydrogen-bond donors (Lipinski definition) is 0. The molecule has 1 amide bonds. The molecule has 0 saturated carbocycles. The number of aryl methyl sites for hydroxylation is 1. The van der Waals surface area contributed by atoms with Gasteiger partial charge in [0.25, 0.3) is 0 Å². The predicted molar refractivity (Wildman–Crippen MR) is 101 cm³/mol. The van der Waals surface area contributed by atoms with Crippen LogP contribution < -0.4 is 0 Å². The molecule has 0 spiro atoms. The number of sulfone groups is 1. The predicted octanol–water partition coefficient (Wildman–Crippen LogP) is 1.70. The maximum atomic E-state index is 12.8. The molecule has 0 radical (unpaired) electrons. The number of aromatic nitrogens is 3. The third kappa shape index (κ3) is 3.93. The zero-order chi connectivity index (χ0) is 18.9. The SMILES string of the molecule is Cc1nnc(S[C@H](C)C(=O)N(C)[C@@H]2CCS(=O)(=O)C2)n1-c1ccccc1. The maximum Gasteiger partial charge on any atom is 0.235 e. The number of rotatable bonds is 5. The second-order valence-electron chi connectivity index (χ2n) is 6.47. The maximum absolute atomic E-state index is 12.8. The number of benzene rings is 1. The number of nitrogens with zero attached hydrogens (tertiary/aromatic N) is 4. The third-order valence-electron chi connectivity index (χ3n) is 4.54. The third-order valence-corrected chi connectivity index (χ3v) is 7.32. The Kier molecular flexibility index (Phi) is 5.38. The van der Waals surface area contributed by atoms with Crippen LogP contribution in [0, 0.1) is 6.92 Å². The van der Waals surface area contributed by atoms with E-state index >= 15 is 0 Å². The van der Waals surface area contributed by atoms with Crippen LogP contribution in [-0.4, -0.2) is 63.8 Å². The lowest BCUT2D eigenvalue weighted by molar-refractivity contribution is -0.130. The first-order valence-electron chi connectivity index (χ1n) is 8.39. The van der Waals surface area contributed by atoms with Gasteiger partial charge in [0.2, 0.25) is 5.91 Å². The Morgan fingerprint density at radius 3 is 2.62 bits per heavy atom. The number of hydrogen-bond acceptors (Lipinski definition) is 6. The Bertz CT molecular complexity index is 896. The minimum atomic E-state index is -3.03. The summed E-state index contributed by atoms with van der Waals surface area (Å²) < 4.78 is 25.2. The van der Waals surface area contributed by atoms with Crippen molar-refractivity contribution >= 4 is 27.5 Å². The summed E-state index contributed by atoms with van der Waals surface area (Å²) in [4.78, 5) is 14.3.